The van der Waals surface area contributed by atoms with E-state index in [0.29, 0.717) is 11.5 Å². The molecule has 1 saturated heterocycles. The number of nitrogens with zero attached hydrogens (tertiary/aromatic N) is 1. The first-order valence-corrected chi connectivity index (χ1v) is 16.8. The van der Waals surface area contributed by atoms with Crippen LogP contribution in [-0.4, -0.2) is 25.9 Å². The Balaban J connectivity index is 1.54. The number of fused-ring (bicyclic) bond motifs is 3. The highest BCUT2D eigenvalue weighted by Gasteiger charge is 2.46. The molecule has 0 radical (unpaired) electrons. The van der Waals surface area contributed by atoms with Crippen molar-refractivity contribution in [1.82, 2.24) is 4.57 Å². The minimum Gasteiger partial charge on any atom is -0.381 e. The van der Waals surface area contributed by atoms with Gasteiger partial charge in [0.2, 0.25) is 0 Å². The van der Waals surface area contributed by atoms with Crippen molar-refractivity contribution in [3.8, 4) is 0 Å². The predicted octanol–water partition coefficient (Wildman–Crippen LogP) is 7.11. The van der Waals surface area contributed by atoms with Crippen LogP contribution in [0.4, 0.5) is 0 Å². The van der Waals surface area contributed by atoms with E-state index in [1.54, 1.807) is 0 Å². The highest BCUT2D eigenvalue weighted by molar-refractivity contribution is 7.12. The van der Waals surface area contributed by atoms with Crippen LogP contribution in [0, 0.1) is 5.92 Å². The van der Waals surface area contributed by atoms with E-state index in [1.165, 1.54) is 62.3 Å². The Hall–Kier alpha value is -3.40. The minimum absolute atomic E-state index is 0.571. The maximum atomic E-state index is 5.92. The lowest BCUT2D eigenvalue weighted by Crippen LogP contribution is -2.70. The third-order valence-corrected chi connectivity index (χ3v) is 14.9. The molecule has 2 nitrogen and oxygen atoms in total. The van der Waals surface area contributed by atoms with Gasteiger partial charge in [0.15, 0.2) is 8.07 Å². The zero-order valence-corrected chi connectivity index (χ0v) is 23.9. The Morgan fingerprint density at radius 3 is 2.00 bits per heavy atom. The Bertz CT molecular complexity index is 1590. The van der Waals surface area contributed by atoms with Crippen molar-refractivity contribution in [2.75, 3.05) is 13.2 Å². The summed E-state index contributed by atoms with van der Waals surface area (Å²) >= 11 is 0. The molecule has 1 aliphatic heterocycles. The van der Waals surface area contributed by atoms with Gasteiger partial charge in [-0.25, -0.2) is 0 Å². The maximum absolute atomic E-state index is 5.92. The predicted molar refractivity (Wildman–Crippen MR) is 168 cm³/mol. The lowest BCUT2D eigenvalue weighted by Gasteiger charge is -2.42. The molecular formula is C36H37NOSi. The van der Waals surface area contributed by atoms with Crippen LogP contribution >= 0.6 is 0 Å². The second-order valence-electron chi connectivity index (χ2n) is 11.5. The number of allylic oxidation sites excluding steroid dienone is 2. The lowest BCUT2D eigenvalue weighted by molar-refractivity contribution is 0.0961. The summed E-state index contributed by atoms with van der Waals surface area (Å²) in [5, 5.41) is 7.29. The molecule has 7 rings (SSSR count). The van der Waals surface area contributed by atoms with E-state index < -0.39 is 8.07 Å². The largest absolute Gasteiger partial charge is 0.381 e. The van der Waals surface area contributed by atoms with Gasteiger partial charge in [0.25, 0.3) is 0 Å². The van der Waals surface area contributed by atoms with Crippen molar-refractivity contribution in [3.63, 3.8) is 0 Å². The van der Waals surface area contributed by atoms with Crippen LogP contribution in [0.3, 0.4) is 0 Å². The highest BCUT2D eigenvalue weighted by atomic mass is 28.3. The first-order valence-electron chi connectivity index (χ1n) is 14.7. The summed E-state index contributed by atoms with van der Waals surface area (Å²) in [6.07, 6.45) is 8.44. The smallest absolute Gasteiger partial charge is 0.151 e. The summed E-state index contributed by atoms with van der Waals surface area (Å²) in [6.45, 7) is 4.10. The van der Waals surface area contributed by atoms with E-state index in [4.69, 9.17) is 4.74 Å². The SMILES string of the molecule is CC1CCCC=C1n1c2ccccc2c2cc([Si](c3ccccc3)(c3ccccc3)C3CCOCC3)ccc21. The van der Waals surface area contributed by atoms with Crippen molar-refractivity contribution >= 4 is 51.1 Å². The second-order valence-corrected chi connectivity index (χ2v) is 15.6. The number of hydrogen-bond donors (Lipinski definition) is 0. The van der Waals surface area contributed by atoms with Gasteiger partial charge in [-0.1, -0.05) is 104 Å². The lowest BCUT2D eigenvalue weighted by atomic mass is 9.93. The van der Waals surface area contributed by atoms with Crippen LogP contribution < -0.4 is 15.6 Å². The fraction of sp³-hybridized carbons (Fsp3) is 0.278. The van der Waals surface area contributed by atoms with Gasteiger partial charge >= 0.3 is 0 Å². The van der Waals surface area contributed by atoms with E-state index in [9.17, 15) is 0 Å². The normalized spacial score (nSPS) is 18.9. The fourth-order valence-electron chi connectivity index (χ4n) is 7.57. The molecular weight excluding hydrogens is 490 g/mol. The molecule has 2 aliphatic rings. The number of benzene rings is 4. The molecule has 1 unspecified atom stereocenters. The summed E-state index contributed by atoms with van der Waals surface area (Å²) in [5.41, 5.74) is 4.74. The second kappa shape index (κ2) is 10.3. The number of ether oxygens (including phenoxy) is 1. The molecule has 3 heteroatoms. The summed E-state index contributed by atoms with van der Waals surface area (Å²) in [4.78, 5) is 0. The van der Waals surface area contributed by atoms with Crippen LogP contribution in [0.25, 0.3) is 27.5 Å². The van der Waals surface area contributed by atoms with Gasteiger partial charge in [0, 0.05) is 29.7 Å². The fourth-order valence-corrected chi connectivity index (χ4v) is 13.2. The topological polar surface area (TPSA) is 14.2 Å². The van der Waals surface area contributed by atoms with Gasteiger partial charge in [0.05, 0.1) is 11.0 Å². The molecule has 0 N–H and O–H groups in total. The van der Waals surface area contributed by atoms with E-state index in [-0.39, 0.29) is 0 Å². The van der Waals surface area contributed by atoms with Gasteiger partial charge in [-0.3, -0.25) is 0 Å². The molecule has 39 heavy (non-hydrogen) atoms. The Morgan fingerprint density at radius 2 is 1.31 bits per heavy atom. The molecule has 0 saturated carbocycles. The van der Waals surface area contributed by atoms with Crippen LogP contribution in [0.2, 0.25) is 5.54 Å². The zero-order chi connectivity index (χ0) is 26.2. The Labute approximate surface area is 233 Å². The molecule has 0 spiro atoms. The first-order chi connectivity index (χ1) is 19.3. The van der Waals surface area contributed by atoms with Crippen molar-refractivity contribution in [1.29, 1.82) is 0 Å². The van der Waals surface area contributed by atoms with Gasteiger partial charge in [-0.15, -0.1) is 0 Å². The molecule has 1 fully saturated rings. The van der Waals surface area contributed by atoms with E-state index >= 15 is 0 Å². The third-order valence-electron chi connectivity index (χ3n) is 9.38. The summed E-state index contributed by atoms with van der Waals surface area (Å²) < 4.78 is 8.49. The molecule has 1 atom stereocenters. The van der Waals surface area contributed by atoms with E-state index in [0.717, 1.165) is 26.1 Å². The van der Waals surface area contributed by atoms with Gasteiger partial charge < -0.3 is 9.30 Å². The molecule has 0 bridgehead atoms. The molecule has 1 aliphatic carbocycles. The van der Waals surface area contributed by atoms with Crippen molar-refractivity contribution in [2.45, 2.75) is 44.6 Å². The maximum Gasteiger partial charge on any atom is 0.151 e. The quantitative estimate of drug-likeness (QED) is 0.176. The standard InChI is InChI=1S/C36H37NOSi/c1-27-12-8-10-18-34(27)37-35-19-11-9-17-32(35)33-26-31(20-21-36(33)37)39(28-13-4-2-5-14-28,29-15-6-3-7-16-29)30-22-24-38-25-23-30/h2-7,9,11,13-21,26-27,30H,8,10,12,22-25H2,1H3. The minimum atomic E-state index is -2.38. The van der Waals surface area contributed by atoms with Gasteiger partial charge in [-0.05, 0) is 71.3 Å². The van der Waals surface area contributed by atoms with Crippen molar-refractivity contribution < 1.29 is 4.74 Å². The average molecular weight is 528 g/mol. The van der Waals surface area contributed by atoms with E-state index in [2.05, 4.69) is 121 Å². The van der Waals surface area contributed by atoms with Crippen LogP contribution in [0.15, 0.2) is 109 Å². The Kier molecular flexibility index (Phi) is 6.50. The molecule has 1 aromatic heterocycles. The van der Waals surface area contributed by atoms with Crippen LogP contribution in [-0.2, 0) is 4.74 Å². The number of rotatable bonds is 5. The molecule has 2 heterocycles. The highest BCUT2D eigenvalue weighted by Crippen LogP contribution is 2.38. The number of aromatic nitrogens is 1. The van der Waals surface area contributed by atoms with Crippen LogP contribution in [0.5, 0.6) is 0 Å². The number of para-hydroxylation sites is 1. The molecule has 0 amide bonds. The first kappa shape index (κ1) is 24.6. The summed E-state index contributed by atoms with van der Waals surface area (Å²) in [5.74, 6) is 0.571. The van der Waals surface area contributed by atoms with E-state index in [1.807, 2.05) is 0 Å². The molecule has 5 aromatic rings. The Morgan fingerprint density at radius 1 is 0.667 bits per heavy atom. The van der Waals surface area contributed by atoms with Crippen molar-refractivity contribution in [3.05, 3.63) is 109 Å². The molecule has 196 valence electrons. The monoisotopic (exact) mass is 527 g/mol. The number of hydrogen-bond acceptors (Lipinski definition) is 1. The van der Waals surface area contributed by atoms with Gasteiger partial charge in [0.1, 0.15) is 0 Å². The van der Waals surface area contributed by atoms with Crippen LogP contribution in [0.1, 0.15) is 39.0 Å². The third kappa shape index (κ3) is 4.02. The van der Waals surface area contributed by atoms with Crippen molar-refractivity contribution in [2.24, 2.45) is 5.92 Å². The zero-order valence-electron chi connectivity index (χ0n) is 22.9. The summed E-state index contributed by atoms with van der Waals surface area (Å²) in [6, 6.07) is 39.4. The molecule has 4 aromatic carbocycles. The average Bonchev–Trinajstić information content (AvgIpc) is 3.33. The summed E-state index contributed by atoms with van der Waals surface area (Å²) in [7, 11) is -2.38. The van der Waals surface area contributed by atoms with Gasteiger partial charge in [-0.2, -0.15) is 0 Å².